The Bertz CT molecular complexity index is 541. The first-order chi connectivity index (χ1) is 8.72. The number of hydrogen-bond acceptors (Lipinski definition) is 4. The van der Waals surface area contributed by atoms with Crippen LogP contribution in [0.15, 0.2) is 30.3 Å². The standard InChI is InChI=1S/C14H16N2O2/c1-3-12-13(8-7-10(2)15-12)18-14-6-4-5-11(9-17)16-14/h4-8,17H,3,9H2,1-2H3. The number of aryl methyl sites for hydroxylation is 2. The lowest BCUT2D eigenvalue weighted by atomic mass is 10.2. The fourth-order valence-electron chi connectivity index (χ4n) is 1.66. The van der Waals surface area contributed by atoms with Crippen LogP contribution in [0.25, 0.3) is 0 Å². The van der Waals surface area contributed by atoms with Gasteiger partial charge < -0.3 is 9.84 Å². The van der Waals surface area contributed by atoms with Crippen molar-refractivity contribution in [1.29, 1.82) is 0 Å². The summed E-state index contributed by atoms with van der Waals surface area (Å²) in [6.45, 7) is 3.89. The van der Waals surface area contributed by atoms with Crippen molar-refractivity contribution in [3.8, 4) is 11.6 Å². The lowest BCUT2D eigenvalue weighted by molar-refractivity contribution is 0.275. The first kappa shape index (κ1) is 12.5. The molecule has 0 radical (unpaired) electrons. The first-order valence-electron chi connectivity index (χ1n) is 5.94. The Hall–Kier alpha value is -1.94. The molecule has 1 N–H and O–H groups in total. The molecule has 2 aromatic heterocycles. The quantitative estimate of drug-likeness (QED) is 0.898. The molecule has 2 heterocycles. The van der Waals surface area contributed by atoms with Crippen molar-refractivity contribution < 1.29 is 9.84 Å². The Labute approximate surface area is 106 Å². The van der Waals surface area contributed by atoms with Gasteiger partial charge in [0.1, 0.15) is 0 Å². The van der Waals surface area contributed by atoms with Gasteiger partial charge in [-0.15, -0.1) is 0 Å². The number of rotatable bonds is 4. The van der Waals surface area contributed by atoms with Crippen LogP contribution in [0, 0.1) is 6.92 Å². The fraction of sp³-hybridized carbons (Fsp3) is 0.286. The zero-order chi connectivity index (χ0) is 13.0. The zero-order valence-electron chi connectivity index (χ0n) is 10.6. The van der Waals surface area contributed by atoms with Gasteiger partial charge in [-0.05, 0) is 31.5 Å². The lowest BCUT2D eigenvalue weighted by Gasteiger charge is -2.09. The van der Waals surface area contributed by atoms with Crippen molar-refractivity contribution in [2.75, 3.05) is 0 Å². The van der Waals surface area contributed by atoms with E-state index in [2.05, 4.69) is 9.97 Å². The molecular formula is C14H16N2O2. The number of nitrogens with zero attached hydrogens (tertiary/aromatic N) is 2. The van der Waals surface area contributed by atoms with Gasteiger partial charge in [-0.1, -0.05) is 13.0 Å². The van der Waals surface area contributed by atoms with Crippen molar-refractivity contribution in [3.05, 3.63) is 47.4 Å². The number of pyridine rings is 2. The Kier molecular flexibility index (Phi) is 3.89. The van der Waals surface area contributed by atoms with E-state index in [0.29, 0.717) is 17.3 Å². The lowest BCUT2D eigenvalue weighted by Crippen LogP contribution is -1.98. The van der Waals surface area contributed by atoms with Crippen LogP contribution in [0.1, 0.15) is 24.0 Å². The molecule has 0 bridgehead atoms. The van der Waals surface area contributed by atoms with Crippen LogP contribution in [0.4, 0.5) is 0 Å². The number of aromatic nitrogens is 2. The smallest absolute Gasteiger partial charge is 0.219 e. The van der Waals surface area contributed by atoms with Crippen LogP contribution >= 0.6 is 0 Å². The molecular weight excluding hydrogens is 228 g/mol. The number of hydrogen-bond donors (Lipinski definition) is 1. The van der Waals surface area contributed by atoms with Gasteiger partial charge >= 0.3 is 0 Å². The van der Waals surface area contributed by atoms with E-state index in [1.807, 2.05) is 26.0 Å². The highest BCUT2D eigenvalue weighted by molar-refractivity contribution is 5.33. The van der Waals surface area contributed by atoms with Crippen molar-refractivity contribution >= 4 is 0 Å². The van der Waals surface area contributed by atoms with Gasteiger partial charge in [0.25, 0.3) is 0 Å². The summed E-state index contributed by atoms with van der Waals surface area (Å²) in [5, 5.41) is 9.03. The average molecular weight is 244 g/mol. The van der Waals surface area contributed by atoms with E-state index in [4.69, 9.17) is 9.84 Å². The van der Waals surface area contributed by atoms with Gasteiger partial charge in [0.2, 0.25) is 5.88 Å². The zero-order valence-corrected chi connectivity index (χ0v) is 10.6. The molecule has 0 fully saturated rings. The van der Waals surface area contributed by atoms with Crippen molar-refractivity contribution in [2.45, 2.75) is 26.9 Å². The topological polar surface area (TPSA) is 55.2 Å². The van der Waals surface area contributed by atoms with Gasteiger partial charge in [0.15, 0.2) is 5.75 Å². The summed E-state index contributed by atoms with van der Waals surface area (Å²) in [7, 11) is 0. The largest absolute Gasteiger partial charge is 0.437 e. The molecule has 2 rings (SSSR count). The molecule has 4 heteroatoms. The molecule has 94 valence electrons. The summed E-state index contributed by atoms with van der Waals surface area (Å²) in [5.41, 5.74) is 2.47. The van der Waals surface area contributed by atoms with E-state index in [1.165, 1.54) is 0 Å². The summed E-state index contributed by atoms with van der Waals surface area (Å²) < 4.78 is 5.71. The molecule has 2 aromatic rings. The van der Waals surface area contributed by atoms with E-state index in [-0.39, 0.29) is 6.61 Å². The Morgan fingerprint density at radius 2 is 2.00 bits per heavy atom. The summed E-state index contributed by atoms with van der Waals surface area (Å²) in [6.07, 6.45) is 0.802. The van der Waals surface area contributed by atoms with Gasteiger partial charge in [0, 0.05) is 11.8 Å². The van der Waals surface area contributed by atoms with Gasteiger partial charge in [-0.2, -0.15) is 0 Å². The van der Waals surface area contributed by atoms with Crippen LogP contribution < -0.4 is 4.74 Å². The molecule has 0 aromatic carbocycles. The summed E-state index contributed by atoms with van der Waals surface area (Å²) in [4.78, 5) is 8.61. The Morgan fingerprint density at radius 3 is 2.72 bits per heavy atom. The minimum atomic E-state index is -0.0933. The van der Waals surface area contributed by atoms with E-state index < -0.39 is 0 Å². The number of aliphatic hydroxyl groups excluding tert-OH is 1. The van der Waals surface area contributed by atoms with Crippen molar-refractivity contribution in [3.63, 3.8) is 0 Å². The normalized spacial score (nSPS) is 10.4. The maximum absolute atomic E-state index is 9.03. The number of ether oxygens (including phenoxy) is 1. The highest BCUT2D eigenvalue weighted by atomic mass is 16.5. The minimum absolute atomic E-state index is 0.0933. The van der Waals surface area contributed by atoms with Gasteiger partial charge in [-0.3, -0.25) is 4.98 Å². The van der Waals surface area contributed by atoms with Crippen LogP contribution in [-0.4, -0.2) is 15.1 Å². The van der Waals surface area contributed by atoms with E-state index in [9.17, 15) is 0 Å². The second-order valence-electron chi connectivity index (χ2n) is 3.98. The average Bonchev–Trinajstić information content (AvgIpc) is 2.41. The molecule has 0 saturated heterocycles. The van der Waals surface area contributed by atoms with E-state index in [1.54, 1.807) is 18.2 Å². The summed E-state index contributed by atoms with van der Waals surface area (Å²) in [5.74, 6) is 1.19. The molecule has 0 aliphatic heterocycles. The van der Waals surface area contributed by atoms with Crippen molar-refractivity contribution in [2.24, 2.45) is 0 Å². The second-order valence-corrected chi connectivity index (χ2v) is 3.98. The van der Waals surface area contributed by atoms with Gasteiger partial charge in [0.05, 0.1) is 18.0 Å². The highest BCUT2D eigenvalue weighted by Crippen LogP contribution is 2.23. The highest BCUT2D eigenvalue weighted by Gasteiger charge is 2.06. The molecule has 0 unspecified atom stereocenters. The third-order valence-electron chi connectivity index (χ3n) is 2.56. The third kappa shape index (κ3) is 2.84. The maximum Gasteiger partial charge on any atom is 0.219 e. The second kappa shape index (κ2) is 5.60. The van der Waals surface area contributed by atoms with Crippen LogP contribution in [0.3, 0.4) is 0 Å². The molecule has 4 nitrogen and oxygen atoms in total. The predicted molar refractivity (Wildman–Crippen MR) is 68.6 cm³/mol. The third-order valence-corrected chi connectivity index (χ3v) is 2.56. The molecule has 0 spiro atoms. The van der Waals surface area contributed by atoms with Crippen LogP contribution in [0.2, 0.25) is 0 Å². The number of aliphatic hydroxyl groups is 1. The summed E-state index contributed by atoms with van der Waals surface area (Å²) in [6, 6.07) is 9.12. The van der Waals surface area contributed by atoms with Gasteiger partial charge in [-0.25, -0.2) is 4.98 Å². The molecule has 0 amide bonds. The Balaban J connectivity index is 2.27. The Morgan fingerprint density at radius 1 is 1.17 bits per heavy atom. The van der Waals surface area contributed by atoms with E-state index in [0.717, 1.165) is 17.8 Å². The molecule has 0 saturated carbocycles. The fourth-order valence-corrected chi connectivity index (χ4v) is 1.66. The SMILES string of the molecule is CCc1nc(C)ccc1Oc1cccc(CO)n1. The summed E-state index contributed by atoms with van der Waals surface area (Å²) >= 11 is 0. The molecule has 0 atom stereocenters. The van der Waals surface area contributed by atoms with Crippen LogP contribution in [0.5, 0.6) is 11.6 Å². The molecule has 18 heavy (non-hydrogen) atoms. The van der Waals surface area contributed by atoms with Crippen molar-refractivity contribution in [1.82, 2.24) is 9.97 Å². The van der Waals surface area contributed by atoms with E-state index >= 15 is 0 Å². The van der Waals surface area contributed by atoms with Crippen LogP contribution in [-0.2, 0) is 13.0 Å². The maximum atomic E-state index is 9.03. The monoisotopic (exact) mass is 244 g/mol. The molecule has 0 aliphatic rings. The molecule has 0 aliphatic carbocycles. The predicted octanol–water partition coefficient (Wildman–Crippen LogP) is 2.63. The minimum Gasteiger partial charge on any atom is -0.437 e. The first-order valence-corrected chi connectivity index (χ1v) is 5.94.